The molecule has 1 aliphatic carbocycles. The van der Waals surface area contributed by atoms with Crippen LogP contribution in [0.15, 0.2) is 29.2 Å². The Morgan fingerprint density at radius 3 is 2.71 bits per heavy atom. The topological polar surface area (TPSA) is 26.0 Å². The summed E-state index contributed by atoms with van der Waals surface area (Å²) in [6, 6.07) is 8.08. The summed E-state index contributed by atoms with van der Waals surface area (Å²) in [5, 5.41) is 0. The fourth-order valence-electron chi connectivity index (χ4n) is 1.56. The highest BCUT2D eigenvalue weighted by Gasteiger charge is 2.41. The van der Waals surface area contributed by atoms with Crippen LogP contribution in [0.3, 0.4) is 0 Å². The number of alkyl halides is 1. The molecule has 0 heterocycles. The molecule has 0 spiro atoms. The Hall–Kier alpha value is -0.540. The lowest BCUT2D eigenvalue weighted by molar-refractivity contribution is 0.532. The van der Waals surface area contributed by atoms with Crippen molar-refractivity contribution in [2.24, 2.45) is 5.73 Å². The first kappa shape index (κ1) is 9.99. The van der Waals surface area contributed by atoms with Crippen molar-refractivity contribution in [1.82, 2.24) is 0 Å². The van der Waals surface area contributed by atoms with E-state index in [1.807, 2.05) is 18.2 Å². The Labute approximate surface area is 87.9 Å². The minimum absolute atomic E-state index is 0.111. The average Bonchev–Trinajstić information content (AvgIpc) is 2.95. The number of hydrogen-bond donors (Lipinski definition) is 1. The summed E-state index contributed by atoms with van der Waals surface area (Å²) in [4.78, 5) is 1.14. The van der Waals surface area contributed by atoms with Gasteiger partial charge in [0.1, 0.15) is 0 Å². The molecule has 0 amide bonds. The molecule has 2 N–H and O–H groups in total. The van der Waals surface area contributed by atoms with Gasteiger partial charge in [0, 0.05) is 16.2 Å². The molecule has 14 heavy (non-hydrogen) atoms. The molecule has 0 atom stereocenters. The first-order chi connectivity index (χ1) is 6.76. The molecule has 0 radical (unpaired) electrons. The quantitative estimate of drug-likeness (QED) is 0.775. The van der Waals surface area contributed by atoms with E-state index in [1.54, 1.807) is 11.8 Å². The third kappa shape index (κ3) is 1.93. The molecular weight excluding hydrogens is 197 g/mol. The molecular formula is C11H14FNS. The van der Waals surface area contributed by atoms with Gasteiger partial charge in [-0.2, -0.15) is 0 Å². The molecule has 0 unspecified atom stereocenters. The molecule has 2 rings (SSSR count). The van der Waals surface area contributed by atoms with Crippen LogP contribution >= 0.6 is 11.8 Å². The van der Waals surface area contributed by atoms with Gasteiger partial charge in [-0.15, -0.1) is 11.8 Å². The van der Waals surface area contributed by atoms with Gasteiger partial charge in [0.05, 0.1) is 6.67 Å². The summed E-state index contributed by atoms with van der Waals surface area (Å²) in [5.41, 5.74) is 7.22. The zero-order valence-corrected chi connectivity index (χ0v) is 8.82. The highest BCUT2D eigenvalue weighted by atomic mass is 32.2. The average molecular weight is 211 g/mol. The Bertz CT molecular complexity index is 323. The Morgan fingerprint density at radius 2 is 2.07 bits per heavy atom. The molecule has 3 heteroatoms. The fourth-order valence-corrected chi connectivity index (χ4v) is 2.46. The van der Waals surface area contributed by atoms with Crippen molar-refractivity contribution in [3.8, 4) is 0 Å². The predicted octanol–water partition coefficient (Wildman–Crippen LogP) is 2.70. The molecule has 76 valence electrons. The van der Waals surface area contributed by atoms with Gasteiger partial charge in [0.15, 0.2) is 0 Å². The van der Waals surface area contributed by atoms with Crippen molar-refractivity contribution in [3.63, 3.8) is 0 Å². The monoisotopic (exact) mass is 211 g/mol. The molecule has 1 fully saturated rings. The summed E-state index contributed by atoms with van der Waals surface area (Å²) in [6.45, 7) is -0.281. The van der Waals surface area contributed by atoms with Crippen LogP contribution in [0, 0.1) is 0 Å². The number of rotatable bonds is 4. The van der Waals surface area contributed by atoms with E-state index in [-0.39, 0.29) is 12.2 Å². The molecule has 0 aromatic heterocycles. The Balaban J connectivity index is 2.20. The third-order valence-corrected chi connectivity index (χ3v) is 3.57. The Kier molecular flexibility index (Phi) is 2.79. The highest BCUT2D eigenvalue weighted by molar-refractivity contribution is 7.99. The van der Waals surface area contributed by atoms with Crippen LogP contribution in [0.4, 0.5) is 4.39 Å². The van der Waals surface area contributed by atoms with E-state index < -0.39 is 0 Å². The predicted molar refractivity (Wildman–Crippen MR) is 58.2 cm³/mol. The van der Waals surface area contributed by atoms with Gasteiger partial charge in [0.2, 0.25) is 0 Å². The molecule has 1 aromatic carbocycles. The summed E-state index contributed by atoms with van der Waals surface area (Å²) >= 11 is 1.56. The standard InChI is InChI=1S/C11H14FNS/c12-7-8-14-10-4-2-1-3-9(10)11(13)5-6-11/h1-4H,5-8,13H2. The van der Waals surface area contributed by atoms with E-state index >= 15 is 0 Å². The Morgan fingerprint density at radius 1 is 1.36 bits per heavy atom. The van der Waals surface area contributed by atoms with Crippen LogP contribution in [0.1, 0.15) is 18.4 Å². The van der Waals surface area contributed by atoms with Crippen molar-refractivity contribution < 1.29 is 4.39 Å². The molecule has 0 saturated heterocycles. The largest absolute Gasteiger partial charge is 0.321 e. The maximum Gasteiger partial charge on any atom is 0.0988 e. The van der Waals surface area contributed by atoms with Crippen LogP contribution < -0.4 is 5.73 Å². The number of nitrogens with two attached hydrogens (primary N) is 1. The maximum atomic E-state index is 12.1. The number of halogens is 1. The zero-order valence-electron chi connectivity index (χ0n) is 8.00. The SMILES string of the molecule is NC1(c2ccccc2SCCF)CC1. The minimum atomic E-state index is -0.281. The lowest BCUT2D eigenvalue weighted by atomic mass is 10.1. The maximum absolute atomic E-state index is 12.1. The van der Waals surface area contributed by atoms with E-state index in [0.717, 1.165) is 17.7 Å². The first-order valence-electron chi connectivity index (χ1n) is 4.83. The van der Waals surface area contributed by atoms with Crippen LogP contribution in [-0.4, -0.2) is 12.4 Å². The van der Waals surface area contributed by atoms with Crippen molar-refractivity contribution in [2.45, 2.75) is 23.3 Å². The van der Waals surface area contributed by atoms with E-state index in [0.29, 0.717) is 5.75 Å². The van der Waals surface area contributed by atoms with Crippen LogP contribution in [-0.2, 0) is 5.54 Å². The third-order valence-electron chi connectivity index (χ3n) is 2.55. The minimum Gasteiger partial charge on any atom is -0.321 e. The smallest absolute Gasteiger partial charge is 0.0988 e. The molecule has 0 bridgehead atoms. The van der Waals surface area contributed by atoms with Crippen molar-refractivity contribution >= 4 is 11.8 Å². The molecule has 1 saturated carbocycles. The van der Waals surface area contributed by atoms with Crippen molar-refractivity contribution in [2.75, 3.05) is 12.4 Å². The second-order valence-corrected chi connectivity index (χ2v) is 4.83. The molecule has 1 aromatic rings. The van der Waals surface area contributed by atoms with E-state index in [9.17, 15) is 4.39 Å². The molecule has 1 aliphatic rings. The zero-order chi connectivity index (χ0) is 10.0. The molecule has 1 nitrogen and oxygen atoms in total. The summed E-state index contributed by atoms with van der Waals surface area (Å²) in [7, 11) is 0. The summed E-state index contributed by atoms with van der Waals surface area (Å²) in [6.07, 6.45) is 2.11. The van der Waals surface area contributed by atoms with Gasteiger partial charge in [-0.25, -0.2) is 0 Å². The van der Waals surface area contributed by atoms with Crippen LogP contribution in [0.5, 0.6) is 0 Å². The van der Waals surface area contributed by atoms with Gasteiger partial charge in [-0.05, 0) is 24.5 Å². The summed E-state index contributed by atoms with van der Waals surface area (Å²) in [5.74, 6) is 0.521. The normalized spacial score (nSPS) is 18.1. The molecule has 0 aliphatic heterocycles. The lowest BCUT2D eigenvalue weighted by Crippen LogP contribution is -2.19. The van der Waals surface area contributed by atoms with Gasteiger partial charge >= 0.3 is 0 Å². The first-order valence-corrected chi connectivity index (χ1v) is 5.82. The van der Waals surface area contributed by atoms with Gasteiger partial charge < -0.3 is 5.73 Å². The van der Waals surface area contributed by atoms with E-state index in [1.165, 1.54) is 5.56 Å². The number of benzene rings is 1. The second-order valence-electron chi connectivity index (χ2n) is 3.69. The van der Waals surface area contributed by atoms with Gasteiger partial charge in [0.25, 0.3) is 0 Å². The van der Waals surface area contributed by atoms with Crippen LogP contribution in [0.25, 0.3) is 0 Å². The van der Waals surface area contributed by atoms with E-state index in [2.05, 4.69) is 6.07 Å². The van der Waals surface area contributed by atoms with Crippen molar-refractivity contribution in [1.29, 1.82) is 0 Å². The van der Waals surface area contributed by atoms with Crippen molar-refractivity contribution in [3.05, 3.63) is 29.8 Å². The fraction of sp³-hybridized carbons (Fsp3) is 0.455. The number of thioether (sulfide) groups is 1. The summed E-state index contributed by atoms with van der Waals surface area (Å²) < 4.78 is 12.1. The number of hydrogen-bond acceptors (Lipinski definition) is 2. The van der Waals surface area contributed by atoms with Crippen LogP contribution in [0.2, 0.25) is 0 Å². The lowest BCUT2D eigenvalue weighted by Gasteiger charge is -2.13. The van der Waals surface area contributed by atoms with Gasteiger partial charge in [-0.1, -0.05) is 18.2 Å². The second kappa shape index (κ2) is 3.91. The highest BCUT2D eigenvalue weighted by Crippen LogP contribution is 2.46. The van der Waals surface area contributed by atoms with E-state index in [4.69, 9.17) is 5.73 Å². The van der Waals surface area contributed by atoms with Gasteiger partial charge in [-0.3, -0.25) is 4.39 Å².